The molecule has 0 fully saturated rings. The summed E-state index contributed by atoms with van der Waals surface area (Å²) >= 11 is 0. The second-order valence-electron chi connectivity index (χ2n) is 5.28. The number of nitrogens with one attached hydrogen (secondary N) is 2. The molecule has 0 bridgehead atoms. The molecule has 4 heteroatoms. The minimum absolute atomic E-state index is 0.0760. The van der Waals surface area contributed by atoms with Crippen molar-refractivity contribution in [3.05, 3.63) is 53.3 Å². The van der Waals surface area contributed by atoms with Gasteiger partial charge in [0.15, 0.2) is 0 Å². The molecule has 3 rings (SSSR count). The zero-order valence-corrected chi connectivity index (χ0v) is 10.9. The van der Waals surface area contributed by atoms with Gasteiger partial charge in [0.2, 0.25) is 0 Å². The minimum Gasteiger partial charge on any atom is -0.343 e. The maximum atomic E-state index is 12.2. The molecule has 2 N–H and O–H groups in total. The third-order valence-corrected chi connectivity index (χ3v) is 3.88. The molecule has 1 aromatic carbocycles. The standard InChI is InChI=1S/C15H17N3O/c1-15(18-14(19)12-9-16-17-10-12)8-4-6-11-5-2-3-7-13(11)15/h2-3,5,7,9-10H,4,6,8H2,1H3,(H,16,17)(H,18,19). The van der Waals surface area contributed by atoms with Crippen LogP contribution in [-0.4, -0.2) is 16.1 Å². The Morgan fingerprint density at radius 3 is 3.05 bits per heavy atom. The molecule has 1 aliphatic rings. The molecule has 0 radical (unpaired) electrons. The fourth-order valence-electron chi connectivity index (χ4n) is 2.87. The van der Waals surface area contributed by atoms with Crippen molar-refractivity contribution in [2.75, 3.05) is 0 Å². The fourth-order valence-corrected chi connectivity index (χ4v) is 2.87. The normalized spacial score (nSPS) is 21.7. The van der Waals surface area contributed by atoms with Gasteiger partial charge in [0.1, 0.15) is 0 Å². The Kier molecular flexibility index (Phi) is 2.85. The summed E-state index contributed by atoms with van der Waals surface area (Å²) in [6.07, 6.45) is 6.32. The van der Waals surface area contributed by atoms with Crippen molar-refractivity contribution in [2.45, 2.75) is 31.7 Å². The predicted molar refractivity (Wildman–Crippen MR) is 72.8 cm³/mol. The average molecular weight is 255 g/mol. The monoisotopic (exact) mass is 255 g/mol. The number of amides is 1. The zero-order chi connectivity index (χ0) is 13.3. The van der Waals surface area contributed by atoms with E-state index in [1.165, 1.54) is 11.1 Å². The van der Waals surface area contributed by atoms with Gasteiger partial charge in [-0.25, -0.2) is 0 Å². The van der Waals surface area contributed by atoms with Crippen molar-refractivity contribution in [1.29, 1.82) is 0 Å². The van der Waals surface area contributed by atoms with E-state index in [1.807, 2.05) is 6.07 Å². The molecule has 19 heavy (non-hydrogen) atoms. The highest BCUT2D eigenvalue weighted by atomic mass is 16.1. The number of carbonyl (C=O) groups is 1. The molecule has 1 aromatic heterocycles. The first kappa shape index (κ1) is 12.0. The van der Waals surface area contributed by atoms with Crippen LogP contribution >= 0.6 is 0 Å². The molecule has 0 aliphatic heterocycles. The third-order valence-electron chi connectivity index (χ3n) is 3.88. The molecular weight excluding hydrogens is 238 g/mol. The van der Waals surface area contributed by atoms with Crippen LogP contribution in [0.4, 0.5) is 0 Å². The first-order valence-corrected chi connectivity index (χ1v) is 6.59. The van der Waals surface area contributed by atoms with E-state index >= 15 is 0 Å². The van der Waals surface area contributed by atoms with Crippen LogP contribution in [0, 0.1) is 0 Å². The number of carbonyl (C=O) groups excluding carboxylic acids is 1. The van der Waals surface area contributed by atoms with E-state index in [2.05, 4.69) is 40.6 Å². The lowest BCUT2D eigenvalue weighted by atomic mass is 9.77. The highest BCUT2D eigenvalue weighted by molar-refractivity contribution is 5.94. The molecule has 1 aliphatic carbocycles. The van der Waals surface area contributed by atoms with Crippen LogP contribution in [0.5, 0.6) is 0 Å². The fraction of sp³-hybridized carbons (Fsp3) is 0.333. The average Bonchev–Trinajstić information content (AvgIpc) is 2.93. The number of H-pyrrole nitrogens is 1. The van der Waals surface area contributed by atoms with Gasteiger partial charge in [0.25, 0.3) is 5.91 Å². The first-order valence-electron chi connectivity index (χ1n) is 6.59. The Hall–Kier alpha value is -2.10. The number of fused-ring (bicyclic) bond motifs is 1. The largest absolute Gasteiger partial charge is 0.343 e. The molecule has 1 amide bonds. The Labute approximate surface area is 112 Å². The van der Waals surface area contributed by atoms with E-state index in [0.717, 1.165) is 19.3 Å². The highest BCUT2D eigenvalue weighted by Crippen LogP contribution is 2.35. The Morgan fingerprint density at radius 2 is 2.26 bits per heavy atom. The molecule has 0 spiro atoms. The topological polar surface area (TPSA) is 57.8 Å². The quantitative estimate of drug-likeness (QED) is 0.865. The smallest absolute Gasteiger partial charge is 0.255 e. The predicted octanol–water partition coefficient (Wildman–Crippen LogP) is 2.39. The minimum atomic E-state index is -0.288. The van der Waals surface area contributed by atoms with E-state index in [4.69, 9.17) is 0 Å². The first-order chi connectivity index (χ1) is 9.19. The zero-order valence-electron chi connectivity index (χ0n) is 10.9. The van der Waals surface area contributed by atoms with E-state index in [1.54, 1.807) is 12.4 Å². The van der Waals surface area contributed by atoms with Gasteiger partial charge in [0.05, 0.1) is 17.3 Å². The van der Waals surface area contributed by atoms with Crippen LogP contribution < -0.4 is 5.32 Å². The van der Waals surface area contributed by atoms with Crippen LogP contribution in [0.25, 0.3) is 0 Å². The van der Waals surface area contributed by atoms with Gasteiger partial charge in [-0.15, -0.1) is 0 Å². The molecule has 1 unspecified atom stereocenters. The highest BCUT2D eigenvalue weighted by Gasteiger charge is 2.33. The van der Waals surface area contributed by atoms with Gasteiger partial charge < -0.3 is 5.32 Å². The molecule has 4 nitrogen and oxygen atoms in total. The Bertz CT molecular complexity index is 591. The van der Waals surface area contributed by atoms with Crippen LogP contribution in [0.1, 0.15) is 41.3 Å². The van der Waals surface area contributed by atoms with Crippen molar-refractivity contribution in [1.82, 2.24) is 15.5 Å². The van der Waals surface area contributed by atoms with Gasteiger partial charge in [-0.2, -0.15) is 5.10 Å². The number of hydrogen-bond donors (Lipinski definition) is 2. The molecular formula is C15H17N3O. The second kappa shape index (κ2) is 4.53. The number of benzene rings is 1. The molecule has 1 atom stereocenters. The lowest BCUT2D eigenvalue weighted by Gasteiger charge is -2.36. The molecule has 0 saturated heterocycles. The summed E-state index contributed by atoms with van der Waals surface area (Å²) in [5, 5.41) is 9.64. The summed E-state index contributed by atoms with van der Waals surface area (Å²) in [5.74, 6) is -0.0760. The van der Waals surface area contributed by atoms with Crippen molar-refractivity contribution in [2.24, 2.45) is 0 Å². The van der Waals surface area contributed by atoms with Crippen LogP contribution in [0.2, 0.25) is 0 Å². The summed E-state index contributed by atoms with van der Waals surface area (Å²) in [5.41, 5.74) is 2.86. The van der Waals surface area contributed by atoms with Crippen molar-refractivity contribution in [3.8, 4) is 0 Å². The van der Waals surface area contributed by atoms with Crippen LogP contribution in [0.3, 0.4) is 0 Å². The molecule has 98 valence electrons. The second-order valence-corrected chi connectivity index (χ2v) is 5.28. The van der Waals surface area contributed by atoms with Gasteiger partial charge in [-0.1, -0.05) is 24.3 Å². The summed E-state index contributed by atoms with van der Waals surface area (Å²) in [6, 6.07) is 8.36. The van der Waals surface area contributed by atoms with Gasteiger partial charge >= 0.3 is 0 Å². The maximum Gasteiger partial charge on any atom is 0.255 e. The van der Waals surface area contributed by atoms with E-state index < -0.39 is 0 Å². The number of aryl methyl sites for hydroxylation is 1. The molecule has 2 aromatic rings. The third kappa shape index (κ3) is 2.14. The van der Waals surface area contributed by atoms with Crippen LogP contribution in [-0.2, 0) is 12.0 Å². The summed E-state index contributed by atoms with van der Waals surface area (Å²) in [6.45, 7) is 2.10. The summed E-state index contributed by atoms with van der Waals surface area (Å²) < 4.78 is 0. The van der Waals surface area contributed by atoms with Gasteiger partial charge in [-0.3, -0.25) is 9.89 Å². The molecule has 0 saturated carbocycles. The Morgan fingerprint density at radius 1 is 1.42 bits per heavy atom. The number of nitrogens with zero attached hydrogens (tertiary/aromatic N) is 1. The van der Waals surface area contributed by atoms with Crippen LogP contribution in [0.15, 0.2) is 36.7 Å². The van der Waals surface area contributed by atoms with Crippen molar-refractivity contribution < 1.29 is 4.79 Å². The summed E-state index contributed by atoms with van der Waals surface area (Å²) in [4.78, 5) is 12.2. The van der Waals surface area contributed by atoms with E-state index in [0.29, 0.717) is 5.56 Å². The van der Waals surface area contributed by atoms with E-state index in [9.17, 15) is 4.79 Å². The number of hydrogen-bond acceptors (Lipinski definition) is 2. The van der Waals surface area contributed by atoms with E-state index in [-0.39, 0.29) is 11.4 Å². The lowest BCUT2D eigenvalue weighted by molar-refractivity contribution is 0.0895. The van der Waals surface area contributed by atoms with Gasteiger partial charge in [0, 0.05) is 6.20 Å². The van der Waals surface area contributed by atoms with Crippen molar-refractivity contribution in [3.63, 3.8) is 0 Å². The number of aromatic nitrogens is 2. The summed E-state index contributed by atoms with van der Waals surface area (Å²) in [7, 11) is 0. The van der Waals surface area contributed by atoms with Gasteiger partial charge in [-0.05, 0) is 37.3 Å². The lowest BCUT2D eigenvalue weighted by Crippen LogP contribution is -2.45. The number of aromatic amines is 1. The maximum absolute atomic E-state index is 12.2. The SMILES string of the molecule is CC1(NC(=O)c2cn[nH]c2)CCCc2ccccc21. The molecule has 1 heterocycles. The Balaban J connectivity index is 1.90. The van der Waals surface area contributed by atoms with Crippen molar-refractivity contribution >= 4 is 5.91 Å². The number of rotatable bonds is 2.